The van der Waals surface area contributed by atoms with Crippen LogP contribution in [0.15, 0.2) is 49.6 Å². The standard InChI is InChI=1S/C24H37N2/c1-3-5-6-7-8-9-10-11-12-13-18-25-19-20-26(22-25)21-24-16-14-23(4-2)15-17-24/h4,14-17,19-20,22H,2-3,5-13,18,21H2,1H3/q+1. The molecule has 2 rings (SSSR count). The molecule has 0 aliphatic heterocycles. The Balaban J connectivity index is 1.56. The largest absolute Gasteiger partial charge is 0.244 e. The Morgan fingerprint density at radius 3 is 2.12 bits per heavy atom. The molecule has 2 heteroatoms. The molecule has 0 spiro atoms. The van der Waals surface area contributed by atoms with Gasteiger partial charge in [0.05, 0.1) is 6.54 Å². The lowest BCUT2D eigenvalue weighted by atomic mass is 10.1. The van der Waals surface area contributed by atoms with E-state index in [9.17, 15) is 0 Å². The Labute approximate surface area is 160 Å². The molecule has 1 aromatic heterocycles. The number of hydrogen-bond acceptors (Lipinski definition) is 0. The highest BCUT2D eigenvalue weighted by Crippen LogP contribution is 2.10. The highest BCUT2D eigenvalue weighted by molar-refractivity contribution is 5.47. The van der Waals surface area contributed by atoms with Crippen LogP contribution in [0.25, 0.3) is 6.08 Å². The van der Waals surface area contributed by atoms with Crippen molar-refractivity contribution in [1.29, 1.82) is 0 Å². The maximum atomic E-state index is 3.81. The van der Waals surface area contributed by atoms with Crippen LogP contribution in [0.1, 0.15) is 82.3 Å². The van der Waals surface area contributed by atoms with Gasteiger partial charge in [0.15, 0.2) is 0 Å². The molecule has 26 heavy (non-hydrogen) atoms. The van der Waals surface area contributed by atoms with E-state index in [1.54, 1.807) is 0 Å². The zero-order valence-corrected chi connectivity index (χ0v) is 16.7. The maximum Gasteiger partial charge on any atom is 0.244 e. The Bertz CT molecular complexity index is 609. The summed E-state index contributed by atoms with van der Waals surface area (Å²) in [6.07, 6.45) is 22.5. The number of nitrogens with zero attached hydrogens (tertiary/aromatic N) is 2. The molecular formula is C24H37N2+. The van der Waals surface area contributed by atoms with Crippen molar-refractivity contribution in [2.24, 2.45) is 0 Å². The van der Waals surface area contributed by atoms with Crippen LogP contribution in [-0.4, -0.2) is 4.57 Å². The second kappa shape index (κ2) is 12.5. The first-order valence-electron chi connectivity index (χ1n) is 10.6. The van der Waals surface area contributed by atoms with Crippen molar-refractivity contribution in [1.82, 2.24) is 4.57 Å². The lowest BCUT2D eigenvalue weighted by molar-refractivity contribution is -0.696. The van der Waals surface area contributed by atoms with Gasteiger partial charge in [0.1, 0.15) is 18.9 Å². The second-order valence-electron chi connectivity index (χ2n) is 7.45. The van der Waals surface area contributed by atoms with E-state index in [-0.39, 0.29) is 0 Å². The molecule has 0 aliphatic carbocycles. The highest BCUT2D eigenvalue weighted by Gasteiger charge is 2.04. The smallest absolute Gasteiger partial charge is 0.237 e. The van der Waals surface area contributed by atoms with Crippen molar-refractivity contribution < 1.29 is 4.57 Å². The fourth-order valence-electron chi connectivity index (χ4n) is 3.42. The van der Waals surface area contributed by atoms with Gasteiger partial charge in [-0.25, -0.2) is 9.13 Å². The van der Waals surface area contributed by atoms with Gasteiger partial charge in [-0.2, -0.15) is 0 Å². The SMILES string of the molecule is C=Cc1ccc(Cn2cc[n+](CCCCCCCCCCCC)c2)cc1. The van der Waals surface area contributed by atoms with Crippen molar-refractivity contribution in [2.75, 3.05) is 0 Å². The van der Waals surface area contributed by atoms with Crippen molar-refractivity contribution in [2.45, 2.75) is 84.2 Å². The van der Waals surface area contributed by atoms with Gasteiger partial charge in [-0.15, -0.1) is 0 Å². The third kappa shape index (κ3) is 8.03. The normalized spacial score (nSPS) is 11.0. The number of hydrogen-bond donors (Lipinski definition) is 0. The van der Waals surface area contributed by atoms with Crippen LogP contribution in [0.3, 0.4) is 0 Å². The number of unbranched alkanes of at least 4 members (excludes halogenated alkanes) is 9. The lowest BCUT2D eigenvalue weighted by Crippen LogP contribution is -2.30. The molecular weight excluding hydrogens is 316 g/mol. The topological polar surface area (TPSA) is 8.81 Å². The van der Waals surface area contributed by atoms with E-state index in [4.69, 9.17) is 0 Å². The van der Waals surface area contributed by atoms with Gasteiger partial charge < -0.3 is 0 Å². The number of imidazole rings is 1. The minimum atomic E-state index is 0.933. The average molecular weight is 354 g/mol. The molecule has 0 unspecified atom stereocenters. The molecule has 0 N–H and O–H groups in total. The van der Waals surface area contributed by atoms with Crippen LogP contribution in [0.4, 0.5) is 0 Å². The van der Waals surface area contributed by atoms with Gasteiger partial charge in [-0.1, -0.05) is 95.2 Å². The molecule has 0 radical (unpaired) electrons. The van der Waals surface area contributed by atoms with Crippen LogP contribution < -0.4 is 4.57 Å². The molecule has 1 heterocycles. The number of benzene rings is 1. The molecule has 0 fully saturated rings. The quantitative estimate of drug-likeness (QED) is 0.275. The average Bonchev–Trinajstić information content (AvgIpc) is 3.11. The molecule has 0 atom stereocenters. The van der Waals surface area contributed by atoms with Gasteiger partial charge >= 0.3 is 0 Å². The zero-order valence-electron chi connectivity index (χ0n) is 16.7. The van der Waals surface area contributed by atoms with Crippen molar-refractivity contribution in [3.8, 4) is 0 Å². The first-order chi connectivity index (χ1) is 12.8. The van der Waals surface area contributed by atoms with Gasteiger partial charge in [0.2, 0.25) is 6.33 Å². The Morgan fingerprint density at radius 1 is 0.885 bits per heavy atom. The van der Waals surface area contributed by atoms with E-state index in [1.165, 1.54) is 75.3 Å². The first-order valence-corrected chi connectivity index (χ1v) is 10.6. The van der Waals surface area contributed by atoms with E-state index in [2.05, 4.69) is 65.6 Å². The molecule has 142 valence electrons. The molecule has 0 bridgehead atoms. The number of aromatic nitrogens is 2. The van der Waals surface area contributed by atoms with Crippen molar-refractivity contribution in [3.63, 3.8) is 0 Å². The predicted molar refractivity (Wildman–Crippen MR) is 112 cm³/mol. The predicted octanol–water partition coefficient (Wildman–Crippen LogP) is 6.39. The van der Waals surface area contributed by atoms with Gasteiger partial charge in [0.25, 0.3) is 0 Å². The summed E-state index contributed by atoms with van der Waals surface area (Å²) in [5, 5.41) is 0. The fraction of sp³-hybridized carbons (Fsp3) is 0.542. The fourth-order valence-corrected chi connectivity index (χ4v) is 3.42. The highest BCUT2D eigenvalue weighted by atomic mass is 15.1. The van der Waals surface area contributed by atoms with E-state index < -0.39 is 0 Å². The third-order valence-corrected chi connectivity index (χ3v) is 5.10. The molecule has 0 amide bonds. The van der Waals surface area contributed by atoms with E-state index >= 15 is 0 Å². The third-order valence-electron chi connectivity index (χ3n) is 5.10. The van der Waals surface area contributed by atoms with Crippen LogP contribution in [-0.2, 0) is 13.1 Å². The van der Waals surface area contributed by atoms with Gasteiger partial charge in [0, 0.05) is 0 Å². The molecule has 2 aromatic rings. The summed E-state index contributed by atoms with van der Waals surface area (Å²) in [5.41, 5.74) is 2.51. The lowest BCUT2D eigenvalue weighted by Gasteiger charge is -2.01. The number of aryl methyl sites for hydroxylation is 1. The van der Waals surface area contributed by atoms with E-state index in [0.29, 0.717) is 0 Å². The summed E-state index contributed by atoms with van der Waals surface area (Å²) in [6.45, 7) is 8.16. The van der Waals surface area contributed by atoms with E-state index in [0.717, 1.165) is 13.1 Å². The minimum Gasteiger partial charge on any atom is -0.237 e. The van der Waals surface area contributed by atoms with Gasteiger partial charge in [-0.3, -0.25) is 0 Å². The summed E-state index contributed by atoms with van der Waals surface area (Å²) >= 11 is 0. The summed E-state index contributed by atoms with van der Waals surface area (Å²) in [7, 11) is 0. The maximum absolute atomic E-state index is 3.81. The molecule has 1 aromatic carbocycles. The summed E-state index contributed by atoms with van der Waals surface area (Å²) in [5.74, 6) is 0. The molecule has 0 aliphatic rings. The minimum absolute atomic E-state index is 0.933. The summed E-state index contributed by atoms with van der Waals surface area (Å²) in [4.78, 5) is 0. The Kier molecular flexibility index (Phi) is 9.86. The Hall–Kier alpha value is -1.83. The first kappa shape index (κ1) is 20.5. The second-order valence-corrected chi connectivity index (χ2v) is 7.45. The summed E-state index contributed by atoms with van der Waals surface area (Å²) in [6, 6.07) is 8.63. The van der Waals surface area contributed by atoms with Gasteiger partial charge in [-0.05, 0) is 24.0 Å². The van der Waals surface area contributed by atoms with Crippen LogP contribution in [0.5, 0.6) is 0 Å². The molecule has 2 nitrogen and oxygen atoms in total. The molecule has 0 saturated carbocycles. The number of rotatable bonds is 14. The van der Waals surface area contributed by atoms with Crippen LogP contribution >= 0.6 is 0 Å². The van der Waals surface area contributed by atoms with E-state index in [1.807, 2.05) is 6.08 Å². The van der Waals surface area contributed by atoms with Crippen LogP contribution in [0, 0.1) is 0 Å². The monoisotopic (exact) mass is 353 g/mol. The Morgan fingerprint density at radius 2 is 1.50 bits per heavy atom. The van der Waals surface area contributed by atoms with Crippen molar-refractivity contribution >= 4 is 6.08 Å². The molecule has 0 saturated heterocycles. The van der Waals surface area contributed by atoms with Crippen LogP contribution in [0.2, 0.25) is 0 Å². The van der Waals surface area contributed by atoms with Crippen molar-refractivity contribution in [3.05, 3.63) is 60.7 Å². The summed E-state index contributed by atoms with van der Waals surface area (Å²) < 4.78 is 4.59. The zero-order chi connectivity index (χ0) is 18.5.